The van der Waals surface area contributed by atoms with Gasteiger partial charge in [-0.15, -0.1) is 0 Å². The molecule has 19 heavy (non-hydrogen) atoms. The van der Waals surface area contributed by atoms with E-state index in [9.17, 15) is 4.79 Å². The number of rotatable bonds is 4. The first-order valence-corrected chi connectivity index (χ1v) is 7.77. The standard InChI is InChI=1S/C14H21N3OS/c1-11(19-14-15-9-6-10-16-14)13(18)17(2)12-7-4-3-5-8-12/h6,9-12H,3-5,7-8H2,1-2H3. The molecule has 1 aromatic heterocycles. The van der Waals surface area contributed by atoms with Crippen molar-refractivity contribution in [3.8, 4) is 0 Å². The van der Waals surface area contributed by atoms with Crippen molar-refractivity contribution in [2.45, 2.75) is 55.5 Å². The van der Waals surface area contributed by atoms with Crippen molar-refractivity contribution in [1.82, 2.24) is 14.9 Å². The number of hydrogen-bond acceptors (Lipinski definition) is 4. The molecular formula is C14H21N3OS. The van der Waals surface area contributed by atoms with Crippen molar-refractivity contribution in [2.75, 3.05) is 7.05 Å². The molecule has 5 heteroatoms. The third-order valence-electron chi connectivity index (χ3n) is 3.64. The maximum absolute atomic E-state index is 12.4. The lowest BCUT2D eigenvalue weighted by Gasteiger charge is -2.32. The van der Waals surface area contributed by atoms with Crippen molar-refractivity contribution in [3.05, 3.63) is 18.5 Å². The maximum atomic E-state index is 12.4. The van der Waals surface area contributed by atoms with Crippen LogP contribution < -0.4 is 0 Å². The van der Waals surface area contributed by atoms with Gasteiger partial charge < -0.3 is 4.90 Å². The van der Waals surface area contributed by atoms with Gasteiger partial charge in [0.2, 0.25) is 5.91 Å². The minimum atomic E-state index is -0.130. The van der Waals surface area contributed by atoms with E-state index < -0.39 is 0 Å². The lowest BCUT2D eigenvalue weighted by Crippen LogP contribution is -2.42. The van der Waals surface area contributed by atoms with Gasteiger partial charge in [-0.3, -0.25) is 4.79 Å². The minimum Gasteiger partial charge on any atom is -0.342 e. The Labute approximate surface area is 119 Å². The van der Waals surface area contributed by atoms with Crippen molar-refractivity contribution in [3.63, 3.8) is 0 Å². The number of carbonyl (C=O) groups excluding carboxylic acids is 1. The normalized spacial score (nSPS) is 18.0. The molecule has 1 atom stereocenters. The molecule has 0 saturated heterocycles. The average molecular weight is 279 g/mol. The van der Waals surface area contributed by atoms with Gasteiger partial charge in [0.05, 0.1) is 5.25 Å². The molecule has 1 fully saturated rings. The van der Waals surface area contributed by atoms with Gasteiger partial charge in [-0.25, -0.2) is 9.97 Å². The molecule has 1 unspecified atom stereocenters. The highest BCUT2D eigenvalue weighted by Gasteiger charge is 2.26. The summed E-state index contributed by atoms with van der Waals surface area (Å²) in [5.41, 5.74) is 0. The second-order valence-electron chi connectivity index (χ2n) is 5.03. The highest BCUT2D eigenvalue weighted by molar-refractivity contribution is 8.00. The van der Waals surface area contributed by atoms with Crippen LogP contribution in [0.15, 0.2) is 23.6 Å². The summed E-state index contributed by atoms with van der Waals surface area (Å²) in [5, 5.41) is 0.537. The Kier molecular flexibility index (Phi) is 5.19. The molecule has 0 N–H and O–H groups in total. The number of carbonyl (C=O) groups is 1. The van der Waals surface area contributed by atoms with E-state index in [1.165, 1.54) is 31.0 Å². The monoisotopic (exact) mass is 279 g/mol. The summed E-state index contributed by atoms with van der Waals surface area (Å²) in [4.78, 5) is 22.6. The van der Waals surface area contributed by atoms with E-state index in [4.69, 9.17) is 0 Å². The molecule has 1 heterocycles. The van der Waals surface area contributed by atoms with Gasteiger partial charge in [0.1, 0.15) is 0 Å². The lowest BCUT2D eigenvalue weighted by molar-refractivity contribution is -0.131. The van der Waals surface area contributed by atoms with Gasteiger partial charge in [-0.1, -0.05) is 31.0 Å². The largest absolute Gasteiger partial charge is 0.342 e. The van der Waals surface area contributed by atoms with Crippen LogP contribution in [-0.2, 0) is 4.79 Å². The number of nitrogens with zero attached hydrogens (tertiary/aromatic N) is 3. The van der Waals surface area contributed by atoms with Crippen LogP contribution in [0.25, 0.3) is 0 Å². The fourth-order valence-corrected chi connectivity index (χ4v) is 3.32. The Morgan fingerprint density at radius 1 is 1.32 bits per heavy atom. The van der Waals surface area contributed by atoms with Gasteiger partial charge in [0, 0.05) is 25.5 Å². The van der Waals surface area contributed by atoms with Crippen LogP contribution >= 0.6 is 11.8 Å². The van der Waals surface area contributed by atoms with Crippen LogP contribution in [0.3, 0.4) is 0 Å². The molecule has 0 bridgehead atoms. The highest BCUT2D eigenvalue weighted by Crippen LogP contribution is 2.25. The fraction of sp³-hybridized carbons (Fsp3) is 0.643. The van der Waals surface area contributed by atoms with Crippen molar-refractivity contribution < 1.29 is 4.79 Å². The Morgan fingerprint density at radius 3 is 2.58 bits per heavy atom. The lowest BCUT2D eigenvalue weighted by atomic mass is 9.94. The van der Waals surface area contributed by atoms with E-state index in [1.54, 1.807) is 18.5 Å². The van der Waals surface area contributed by atoms with E-state index in [0.29, 0.717) is 11.2 Å². The van der Waals surface area contributed by atoms with Crippen LogP contribution in [0, 0.1) is 0 Å². The third kappa shape index (κ3) is 3.93. The van der Waals surface area contributed by atoms with Gasteiger partial charge in [-0.2, -0.15) is 0 Å². The summed E-state index contributed by atoms with van der Waals surface area (Å²) in [5.74, 6) is 0.185. The van der Waals surface area contributed by atoms with Gasteiger partial charge in [0.15, 0.2) is 5.16 Å². The molecule has 1 amide bonds. The van der Waals surface area contributed by atoms with E-state index in [-0.39, 0.29) is 11.2 Å². The third-order valence-corrected chi connectivity index (χ3v) is 4.62. The summed E-state index contributed by atoms with van der Waals surface area (Å²) in [6.07, 6.45) is 9.48. The highest BCUT2D eigenvalue weighted by atomic mass is 32.2. The van der Waals surface area contributed by atoms with E-state index in [1.807, 2.05) is 18.9 Å². The molecule has 4 nitrogen and oxygen atoms in total. The number of thioether (sulfide) groups is 1. The smallest absolute Gasteiger partial charge is 0.235 e. The molecule has 0 spiro atoms. The van der Waals surface area contributed by atoms with Crippen LogP contribution in [0.2, 0.25) is 0 Å². The molecule has 2 rings (SSSR count). The quantitative estimate of drug-likeness (QED) is 0.628. The average Bonchev–Trinajstić information content (AvgIpc) is 2.47. The topological polar surface area (TPSA) is 46.1 Å². The van der Waals surface area contributed by atoms with Gasteiger partial charge in [0.25, 0.3) is 0 Å². The zero-order chi connectivity index (χ0) is 13.7. The first kappa shape index (κ1) is 14.3. The Morgan fingerprint density at radius 2 is 1.95 bits per heavy atom. The molecule has 1 aromatic rings. The SMILES string of the molecule is CC(Sc1ncccn1)C(=O)N(C)C1CCCCC1. The van der Waals surface area contributed by atoms with E-state index in [0.717, 1.165) is 12.8 Å². The van der Waals surface area contributed by atoms with Crippen LogP contribution in [-0.4, -0.2) is 39.1 Å². The molecule has 104 valence electrons. The predicted molar refractivity (Wildman–Crippen MR) is 77.0 cm³/mol. The summed E-state index contributed by atoms with van der Waals surface area (Å²) < 4.78 is 0. The molecular weight excluding hydrogens is 258 g/mol. The minimum absolute atomic E-state index is 0.130. The van der Waals surface area contributed by atoms with E-state index in [2.05, 4.69) is 9.97 Å². The zero-order valence-corrected chi connectivity index (χ0v) is 12.4. The Bertz CT molecular complexity index is 406. The molecule has 0 aliphatic heterocycles. The first-order valence-electron chi connectivity index (χ1n) is 6.89. The van der Waals surface area contributed by atoms with Crippen molar-refractivity contribution >= 4 is 17.7 Å². The second kappa shape index (κ2) is 6.89. The van der Waals surface area contributed by atoms with Crippen LogP contribution in [0.4, 0.5) is 0 Å². The molecule has 0 radical (unpaired) electrons. The molecule has 1 aliphatic carbocycles. The summed E-state index contributed by atoms with van der Waals surface area (Å²) in [6.45, 7) is 1.93. The van der Waals surface area contributed by atoms with Crippen LogP contribution in [0.5, 0.6) is 0 Å². The zero-order valence-electron chi connectivity index (χ0n) is 11.6. The molecule has 1 saturated carbocycles. The van der Waals surface area contributed by atoms with Gasteiger partial charge in [-0.05, 0) is 25.8 Å². The van der Waals surface area contributed by atoms with Crippen LogP contribution in [0.1, 0.15) is 39.0 Å². The number of amides is 1. The summed E-state index contributed by atoms with van der Waals surface area (Å²) in [7, 11) is 1.93. The molecule has 0 aromatic carbocycles. The summed E-state index contributed by atoms with van der Waals surface area (Å²) in [6, 6.07) is 2.20. The van der Waals surface area contributed by atoms with Crippen molar-refractivity contribution in [2.24, 2.45) is 0 Å². The second-order valence-corrected chi connectivity index (χ2v) is 6.34. The predicted octanol–water partition coefficient (Wildman–Crippen LogP) is 2.75. The fourth-order valence-electron chi connectivity index (χ4n) is 2.49. The van der Waals surface area contributed by atoms with Gasteiger partial charge >= 0.3 is 0 Å². The number of aromatic nitrogens is 2. The maximum Gasteiger partial charge on any atom is 0.235 e. The van der Waals surface area contributed by atoms with E-state index >= 15 is 0 Å². The molecule has 1 aliphatic rings. The Balaban J connectivity index is 1.90. The Hall–Kier alpha value is -1.10. The summed E-state index contributed by atoms with van der Waals surface area (Å²) >= 11 is 1.43. The van der Waals surface area contributed by atoms with Crippen molar-refractivity contribution in [1.29, 1.82) is 0 Å². The number of hydrogen-bond donors (Lipinski definition) is 0. The first-order chi connectivity index (χ1) is 9.18.